The van der Waals surface area contributed by atoms with Crippen molar-refractivity contribution in [3.8, 4) is 0 Å². The fraction of sp³-hybridized carbons (Fsp3) is 0.462. The molecule has 1 unspecified atom stereocenters. The van der Waals surface area contributed by atoms with Gasteiger partial charge in [0.15, 0.2) is 0 Å². The molecule has 1 aliphatic heterocycles. The van der Waals surface area contributed by atoms with Gasteiger partial charge in [-0.1, -0.05) is 43.9 Å². The third-order valence-corrected chi connectivity index (χ3v) is 6.75. The van der Waals surface area contributed by atoms with Crippen molar-refractivity contribution in [2.24, 2.45) is 5.92 Å². The summed E-state index contributed by atoms with van der Waals surface area (Å²) in [4.78, 5) is 24.1. The summed E-state index contributed by atoms with van der Waals surface area (Å²) in [6.07, 6.45) is 8.76. The zero-order valence-electron chi connectivity index (χ0n) is 18.6. The van der Waals surface area contributed by atoms with Gasteiger partial charge < -0.3 is 16.0 Å². The van der Waals surface area contributed by atoms with E-state index in [1.807, 2.05) is 18.2 Å². The summed E-state index contributed by atoms with van der Waals surface area (Å²) in [5.74, 6) is 0.231. The van der Waals surface area contributed by atoms with Gasteiger partial charge in [0.05, 0.1) is 5.54 Å². The lowest BCUT2D eigenvalue weighted by atomic mass is 9.82. The van der Waals surface area contributed by atoms with Crippen LogP contribution >= 0.6 is 0 Å². The highest BCUT2D eigenvalue weighted by atomic mass is 16.2. The van der Waals surface area contributed by atoms with Crippen LogP contribution in [0.3, 0.4) is 0 Å². The summed E-state index contributed by atoms with van der Waals surface area (Å²) in [5.41, 5.74) is 5.01. The maximum absolute atomic E-state index is 12.8. The average Bonchev–Trinajstić information content (AvgIpc) is 3.03. The molecule has 2 aromatic rings. The van der Waals surface area contributed by atoms with E-state index in [1.165, 1.54) is 30.9 Å². The van der Waals surface area contributed by atoms with Crippen molar-refractivity contribution >= 4 is 28.9 Å². The van der Waals surface area contributed by atoms with E-state index in [9.17, 15) is 9.59 Å². The molecule has 1 fully saturated rings. The van der Waals surface area contributed by atoms with Crippen molar-refractivity contribution in [1.29, 1.82) is 0 Å². The molecule has 1 aliphatic carbocycles. The Morgan fingerprint density at radius 2 is 1.61 bits per heavy atom. The Kier molecular flexibility index (Phi) is 6.30. The van der Waals surface area contributed by atoms with E-state index in [1.54, 1.807) is 0 Å². The Morgan fingerprint density at radius 1 is 0.935 bits per heavy atom. The van der Waals surface area contributed by atoms with Gasteiger partial charge in [0, 0.05) is 29.9 Å². The summed E-state index contributed by atoms with van der Waals surface area (Å²) < 4.78 is 0. The SMILES string of the molecule is CC(=O)Nc1ccc(C2(C)CCc3ccc(NC(=O)C4CCCCCC4)cc3N2)cc1. The predicted octanol–water partition coefficient (Wildman–Crippen LogP) is 5.83. The van der Waals surface area contributed by atoms with Crippen LogP contribution < -0.4 is 16.0 Å². The molecule has 2 aromatic carbocycles. The van der Waals surface area contributed by atoms with Gasteiger partial charge in [0.25, 0.3) is 0 Å². The number of carbonyl (C=O) groups is 2. The van der Waals surface area contributed by atoms with Gasteiger partial charge in [-0.15, -0.1) is 0 Å². The van der Waals surface area contributed by atoms with Gasteiger partial charge in [0.2, 0.25) is 11.8 Å². The summed E-state index contributed by atoms with van der Waals surface area (Å²) in [6.45, 7) is 3.72. The van der Waals surface area contributed by atoms with Crippen LogP contribution in [0.15, 0.2) is 42.5 Å². The summed E-state index contributed by atoms with van der Waals surface area (Å²) >= 11 is 0. The van der Waals surface area contributed by atoms with Gasteiger partial charge in [-0.2, -0.15) is 0 Å². The van der Waals surface area contributed by atoms with Gasteiger partial charge in [-0.05, 0) is 68.0 Å². The molecule has 5 heteroatoms. The number of fused-ring (bicyclic) bond motifs is 1. The third kappa shape index (κ3) is 5.09. The molecule has 31 heavy (non-hydrogen) atoms. The highest BCUT2D eigenvalue weighted by Gasteiger charge is 2.31. The van der Waals surface area contributed by atoms with Crippen molar-refractivity contribution in [3.05, 3.63) is 53.6 Å². The minimum absolute atomic E-state index is 0.0675. The van der Waals surface area contributed by atoms with Crippen LogP contribution in [0.4, 0.5) is 17.1 Å². The Morgan fingerprint density at radius 3 is 2.29 bits per heavy atom. The molecule has 5 nitrogen and oxygen atoms in total. The van der Waals surface area contributed by atoms with Crippen LogP contribution in [0.1, 0.15) is 69.9 Å². The number of anilines is 3. The van der Waals surface area contributed by atoms with Crippen molar-refractivity contribution < 1.29 is 9.59 Å². The molecule has 0 bridgehead atoms. The molecule has 2 aliphatic rings. The molecule has 4 rings (SSSR count). The molecular formula is C26H33N3O2. The number of benzene rings is 2. The smallest absolute Gasteiger partial charge is 0.227 e. The van der Waals surface area contributed by atoms with Crippen LogP contribution in [0.5, 0.6) is 0 Å². The molecule has 2 amide bonds. The molecule has 0 spiro atoms. The second-order valence-corrected chi connectivity index (χ2v) is 9.27. The fourth-order valence-corrected chi connectivity index (χ4v) is 4.86. The Labute approximate surface area is 185 Å². The van der Waals surface area contributed by atoms with Crippen LogP contribution in [0.25, 0.3) is 0 Å². The minimum atomic E-state index is -0.203. The maximum atomic E-state index is 12.8. The van der Waals surface area contributed by atoms with Crippen LogP contribution in [-0.2, 0) is 21.5 Å². The van der Waals surface area contributed by atoms with Crippen molar-refractivity contribution in [2.45, 2.75) is 70.8 Å². The van der Waals surface area contributed by atoms with E-state index in [0.717, 1.165) is 55.6 Å². The molecule has 0 aromatic heterocycles. The zero-order chi connectivity index (χ0) is 21.8. The van der Waals surface area contributed by atoms with Crippen molar-refractivity contribution in [3.63, 3.8) is 0 Å². The number of hydrogen-bond acceptors (Lipinski definition) is 3. The number of aryl methyl sites for hydroxylation is 1. The predicted molar refractivity (Wildman–Crippen MR) is 126 cm³/mol. The number of carbonyl (C=O) groups excluding carboxylic acids is 2. The van der Waals surface area contributed by atoms with Gasteiger partial charge in [0.1, 0.15) is 0 Å². The second-order valence-electron chi connectivity index (χ2n) is 9.27. The quantitative estimate of drug-likeness (QED) is 0.546. The van der Waals surface area contributed by atoms with Gasteiger partial charge in [-0.3, -0.25) is 9.59 Å². The number of rotatable bonds is 4. The zero-order valence-corrected chi connectivity index (χ0v) is 18.6. The van der Waals surface area contributed by atoms with E-state index in [-0.39, 0.29) is 23.3 Å². The van der Waals surface area contributed by atoms with E-state index >= 15 is 0 Å². The van der Waals surface area contributed by atoms with Crippen LogP contribution in [-0.4, -0.2) is 11.8 Å². The van der Waals surface area contributed by atoms with Gasteiger partial charge in [-0.25, -0.2) is 0 Å². The van der Waals surface area contributed by atoms with E-state index in [0.29, 0.717) is 0 Å². The lowest BCUT2D eigenvalue weighted by Crippen LogP contribution is -2.36. The third-order valence-electron chi connectivity index (χ3n) is 6.75. The molecule has 0 saturated heterocycles. The molecule has 164 valence electrons. The molecule has 1 atom stereocenters. The summed E-state index contributed by atoms with van der Waals surface area (Å²) in [6, 6.07) is 14.3. The first-order chi connectivity index (χ1) is 14.9. The molecule has 0 radical (unpaired) electrons. The first-order valence-corrected chi connectivity index (χ1v) is 11.5. The summed E-state index contributed by atoms with van der Waals surface area (Å²) in [5, 5.41) is 9.70. The topological polar surface area (TPSA) is 70.2 Å². The highest BCUT2D eigenvalue weighted by molar-refractivity contribution is 5.93. The maximum Gasteiger partial charge on any atom is 0.227 e. The Bertz CT molecular complexity index is 946. The Hall–Kier alpha value is -2.82. The number of amides is 2. The lowest BCUT2D eigenvalue weighted by molar-refractivity contribution is -0.120. The fourth-order valence-electron chi connectivity index (χ4n) is 4.86. The van der Waals surface area contributed by atoms with E-state index < -0.39 is 0 Å². The largest absolute Gasteiger partial charge is 0.376 e. The van der Waals surface area contributed by atoms with Gasteiger partial charge >= 0.3 is 0 Å². The number of nitrogens with one attached hydrogen (secondary N) is 3. The number of hydrogen-bond donors (Lipinski definition) is 3. The average molecular weight is 420 g/mol. The second kappa shape index (κ2) is 9.13. The highest BCUT2D eigenvalue weighted by Crippen LogP contribution is 2.39. The van der Waals surface area contributed by atoms with E-state index in [4.69, 9.17) is 0 Å². The summed E-state index contributed by atoms with van der Waals surface area (Å²) in [7, 11) is 0. The van der Waals surface area contributed by atoms with Crippen molar-refractivity contribution in [2.75, 3.05) is 16.0 Å². The standard InChI is InChI=1S/C26H33N3O2/c1-18(30)27-22-13-10-21(11-14-22)26(2)16-15-19-9-12-23(17-24(19)29-26)28-25(31)20-7-5-3-4-6-8-20/h9-14,17,20,29H,3-8,15-16H2,1-2H3,(H,27,30)(H,28,31). The monoisotopic (exact) mass is 419 g/mol. The van der Waals surface area contributed by atoms with E-state index in [2.05, 4.69) is 47.1 Å². The lowest BCUT2D eigenvalue weighted by Gasteiger charge is -2.38. The molecule has 1 heterocycles. The first kappa shape index (κ1) is 21.4. The van der Waals surface area contributed by atoms with Crippen molar-refractivity contribution in [1.82, 2.24) is 0 Å². The van der Waals surface area contributed by atoms with Crippen LogP contribution in [0, 0.1) is 5.92 Å². The first-order valence-electron chi connectivity index (χ1n) is 11.5. The van der Waals surface area contributed by atoms with Crippen LogP contribution in [0.2, 0.25) is 0 Å². The molecular weight excluding hydrogens is 386 g/mol. The molecule has 1 saturated carbocycles. The normalized spacial score (nSPS) is 21.4. The molecule has 3 N–H and O–H groups in total. The Balaban J connectivity index is 1.47. The minimum Gasteiger partial charge on any atom is -0.376 e.